The molecule has 0 spiro atoms. The lowest BCUT2D eigenvalue weighted by Crippen LogP contribution is -2.27. The Balaban J connectivity index is 1.46. The molecule has 1 amide bonds. The fourth-order valence-electron chi connectivity index (χ4n) is 2.53. The largest absolute Gasteiger partial charge is 0.352 e. The van der Waals surface area contributed by atoms with Crippen LogP contribution in [-0.4, -0.2) is 29.6 Å². The van der Waals surface area contributed by atoms with E-state index in [9.17, 15) is 13.2 Å². The normalized spacial score (nSPS) is 11.6. The zero-order valence-electron chi connectivity index (χ0n) is 14.8. The number of amides is 1. The van der Waals surface area contributed by atoms with Gasteiger partial charge in [-0.1, -0.05) is 35.9 Å². The molecule has 2 aromatic carbocycles. The van der Waals surface area contributed by atoms with Crippen LogP contribution in [0, 0.1) is 6.92 Å². The van der Waals surface area contributed by atoms with Crippen molar-refractivity contribution in [2.24, 2.45) is 0 Å². The van der Waals surface area contributed by atoms with Gasteiger partial charge in [0.2, 0.25) is 15.9 Å². The molecule has 0 aliphatic heterocycles. The lowest BCUT2D eigenvalue weighted by atomic mass is 10.1. The number of hydrogen-bond acceptors (Lipinski definition) is 6. The fraction of sp³-hybridized carbons (Fsp3) is 0.278. The Morgan fingerprint density at radius 2 is 1.89 bits per heavy atom. The average molecular weight is 405 g/mol. The Morgan fingerprint density at radius 1 is 1.11 bits per heavy atom. The van der Waals surface area contributed by atoms with E-state index < -0.39 is 10.0 Å². The van der Waals surface area contributed by atoms with Crippen LogP contribution in [0.3, 0.4) is 0 Å². The zero-order chi connectivity index (χ0) is 19.3. The number of rotatable bonds is 8. The summed E-state index contributed by atoms with van der Waals surface area (Å²) in [5, 5.41) is 2.84. The molecule has 1 heterocycles. The van der Waals surface area contributed by atoms with E-state index in [0.29, 0.717) is 24.0 Å². The number of fused-ring (bicyclic) bond motifs is 1. The topological polar surface area (TPSA) is 101 Å². The van der Waals surface area contributed by atoms with Gasteiger partial charge in [0.15, 0.2) is 0 Å². The summed E-state index contributed by atoms with van der Waals surface area (Å²) in [5.74, 6) is -0.111. The Hall–Kier alpha value is -2.36. The van der Waals surface area contributed by atoms with Crippen molar-refractivity contribution < 1.29 is 13.2 Å². The summed E-state index contributed by atoms with van der Waals surface area (Å²) in [6.45, 7) is 2.65. The van der Waals surface area contributed by atoms with Crippen molar-refractivity contribution in [2.75, 3.05) is 6.54 Å². The molecule has 0 saturated heterocycles. The minimum atomic E-state index is -3.69. The maximum absolute atomic E-state index is 12.5. The third-order valence-electron chi connectivity index (χ3n) is 4.02. The van der Waals surface area contributed by atoms with Crippen LogP contribution in [0.2, 0.25) is 0 Å². The molecule has 0 atom stereocenters. The quantitative estimate of drug-likeness (QED) is 0.561. The number of benzene rings is 2. The fourth-order valence-corrected chi connectivity index (χ4v) is 4.36. The van der Waals surface area contributed by atoms with E-state index in [1.807, 2.05) is 31.2 Å². The molecule has 0 saturated carbocycles. The van der Waals surface area contributed by atoms with Crippen LogP contribution in [0.5, 0.6) is 0 Å². The second-order valence-electron chi connectivity index (χ2n) is 6.15. The maximum Gasteiger partial charge on any atom is 0.242 e. The van der Waals surface area contributed by atoms with Crippen molar-refractivity contribution >= 4 is 38.7 Å². The third-order valence-corrected chi connectivity index (χ3v) is 6.06. The van der Waals surface area contributed by atoms with E-state index in [1.54, 1.807) is 12.1 Å². The van der Waals surface area contributed by atoms with Crippen molar-refractivity contribution in [1.29, 1.82) is 0 Å². The molecule has 0 unspecified atom stereocenters. The van der Waals surface area contributed by atoms with Gasteiger partial charge in [-0.15, -0.1) is 0 Å². The molecule has 3 aromatic rings. The highest BCUT2D eigenvalue weighted by Crippen LogP contribution is 2.20. The predicted octanol–water partition coefficient (Wildman–Crippen LogP) is 2.37. The molecule has 3 rings (SSSR count). The van der Waals surface area contributed by atoms with Gasteiger partial charge >= 0.3 is 0 Å². The second kappa shape index (κ2) is 8.55. The van der Waals surface area contributed by atoms with Crippen LogP contribution < -0.4 is 10.0 Å². The standard InChI is InChI=1S/C18H20N4O3S2/c1-13-7-9-14(10-8-13)12-19-17(23)6-3-11-20-27(24,25)16-5-2-4-15-18(16)22-26-21-15/h2,4-5,7-10,20H,3,6,11-12H2,1H3,(H,19,23). The van der Waals surface area contributed by atoms with Crippen molar-refractivity contribution in [1.82, 2.24) is 18.8 Å². The van der Waals surface area contributed by atoms with E-state index >= 15 is 0 Å². The summed E-state index contributed by atoms with van der Waals surface area (Å²) in [6.07, 6.45) is 0.654. The first-order valence-corrected chi connectivity index (χ1v) is 10.7. The number of hydrogen-bond donors (Lipinski definition) is 2. The molecule has 0 aliphatic carbocycles. The first-order chi connectivity index (χ1) is 13.0. The van der Waals surface area contributed by atoms with E-state index in [4.69, 9.17) is 0 Å². The number of carbonyl (C=O) groups is 1. The number of sulfonamides is 1. The molecule has 1 aromatic heterocycles. The summed E-state index contributed by atoms with van der Waals surface area (Å²) in [6, 6.07) is 12.8. The summed E-state index contributed by atoms with van der Waals surface area (Å²) >= 11 is 0.975. The van der Waals surface area contributed by atoms with Gasteiger partial charge in [0, 0.05) is 19.5 Å². The molecule has 0 radical (unpaired) electrons. The molecule has 9 heteroatoms. The molecule has 142 valence electrons. The van der Waals surface area contributed by atoms with E-state index in [2.05, 4.69) is 18.8 Å². The molecule has 0 bridgehead atoms. The number of carbonyl (C=O) groups excluding carboxylic acids is 1. The highest BCUT2D eigenvalue weighted by atomic mass is 32.2. The molecule has 2 N–H and O–H groups in total. The van der Waals surface area contributed by atoms with Gasteiger partial charge in [0.05, 0.1) is 11.7 Å². The van der Waals surface area contributed by atoms with Gasteiger partial charge < -0.3 is 5.32 Å². The molecule has 27 heavy (non-hydrogen) atoms. The molecule has 0 aliphatic rings. The van der Waals surface area contributed by atoms with Gasteiger partial charge in [-0.2, -0.15) is 8.75 Å². The van der Waals surface area contributed by atoms with Gasteiger partial charge in [0.1, 0.15) is 15.9 Å². The summed E-state index contributed by atoms with van der Waals surface area (Å²) in [7, 11) is -3.69. The van der Waals surface area contributed by atoms with Crippen LogP contribution in [0.15, 0.2) is 47.4 Å². The molecule has 0 fully saturated rings. The van der Waals surface area contributed by atoms with Crippen molar-refractivity contribution in [3.63, 3.8) is 0 Å². The zero-order valence-corrected chi connectivity index (χ0v) is 16.4. The van der Waals surface area contributed by atoms with Gasteiger partial charge in [-0.05, 0) is 31.0 Å². The van der Waals surface area contributed by atoms with Crippen molar-refractivity contribution in [2.45, 2.75) is 31.2 Å². The first kappa shape index (κ1) is 19.4. The maximum atomic E-state index is 12.5. The number of aromatic nitrogens is 2. The van der Waals surface area contributed by atoms with Gasteiger partial charge in [-0.3, -0.25) is 4.79 Å². The highest BCUT2D eigenvalue weighted by Gasteiger charge is 2.19. The van der Waals surface area contributed by atoms with E-state index in [1.165, 1.54) is 11.6 Å². The van der Waals surface area contributed by atoms with Crippen LogP contribution in [-0.2, 0) is 21.4 Å². The molecule has 7 nitrogen and oxygen atoms in total. The van der Waals surface area contributed by atoms with Crippen molar-refractivity contribution in [3.05, 3.63) is 53.6 Å². The number of nitrogens with zero attached hydrogens (tertiary/aromatic N) is 2. The lowest BCUT2D eigenvalue weighted by molar-refractivity contribution is -0.121. The second-order valence-corrected chi connectivity index (χ2v) is 8.42. The SMILES string of the molecule is Cc1ccc(CNC(=O)CCCNS(=O)(=O)c2cccc3nsnc23)cc1. The van der Waals surface area contributed by atoms with Crippen molar-refractivity contribution in [3.8, 4) is 0 Å². The molecular formula is C18H20N4O3S2. The number of aryl methyl sites for hydroxylation is 1. The van der Waals surface area contributed by atoms with Crippen LogP contribution in [0.25, 0.3) is 11.0 Å². The lowest BCUT2D eigenvalue weighted by Gasteiger charge is -2.08. The van der Waals surface area contributed by atoms with Crippen LogP contribution in [0.4, 0.5) is 0 Å². The Bertz CT molecular complexity index is 1030. The highest BCUT2D eigenvalue weighted by molar-refractivity contribution is 7.89. The number of nitrogens with one attached hydrogen (secondary N) is 2. The first-order valence-electron chi connectivity index (χ1n) is 8.49. The Labute approximate surface area is 162 Å². The smallest absolute Gasteiger partial charge is 0.242 e. The average Bonchev–Trinajstić information content (AvgIpc) is 3.13. The minimum absolute atomic E-state index is 0.109. The molecular weight excluding hydrogens is 384 g/mol. The monoisotopic (exact) mass is 404 g/mol. The summed E-state index contributed by atoms with van der Waals surface area (Å²) in [5.41, 5.74) is 3.12. The van der Waals surface area contributed by atoms with Gasteiger partial charge in [-0.25, -0.2) is 13.1 Å². The van der Waals surface area contributed by atoms with Crippen LogP contribution in [0.1, 0.15) is 24.0 Å². The summed E-state index contributed by atoms with van der Waals surface area (Å²) in [4.78, 5) is 12.0. The van der Waals surface area contributed by atoms with E-state index in [0.717, 1.165) is 17.3 Å². The summed E-state index contributed by atoms with van der Waals surface area (Å²) < 4.78 is 35.5. The predicted molar refractivity (Wildman–Crippen MR) is 105 cm³/mol. The minimum Gasteiger partial charge on any atom is -0.352 e. The van der Waals surface area contributed by atoms with Gasteiger partial charge in [0.25, 0.3) is 0 Å². The third kappa shape index (κ3) is 5.09. The van der Waals surface area contributed by atoms with Crippen LogP contribution >= 0.6 is 11.7 Å². The van der Waals surface area contributed by atoms with E-state index in [-0.39, 0.29) is 23.8 Å². The Kier molecular flexibility index (Phi) is 6.15. The Morgan fingerprint density at radius 3 is 2.67 bits per heavy atom.